The summed E-state index contributed by atoms with van der Waals surface area (Å²) in [5.74, 6) is 0.476. The van der Waals surface area contributed by atoms with Gasteiger partial charge in [-0.25, -0.2) is 0 Å². The predicted molar refractivity (Wildman–Crippen MR) is 65.1 cm³/mol. The zero-order valence-electron chi connectivity index (χ0n) is 9.87. The van der Waals surface area contributed by atoms with Crippen molar-refractivity contribution in [3.63, 3.8) is 0 Å². The van der Waals surface area contributed by atoms with Crippen molar-refractivity contribution in [1.29, 1.82) is 0 Å². The van der Waals surface area contributed by atoms with Gasteiger partial charge in [-0.05, 0) is 45.1 Å². The van der Waals surface area contributed by atoms with Crippen molar-refractivity contribution in [2.45, 2.75) is 44.6 Å². The minimum atomic E-state index is 0.224. The van der Waals surface area contributed by atoms with E-state index in [2.05, 4.69) is 22.8 Å². The first-order chi connectivity index (χ1) is 7.86. The Hall–Kier alpha value is -0.830. The molecule has 2 aliphatic rings. The molecule has 90 valence electrons. The molecule has 1 saturated heterocycles. The molecular formula is C13H22N2O. The van der Waals surface area contributed by atoms with Gasteiger partial charge in [-0.2, -0.15) is 0 Å². The Morgan fingerprint density at radius 3 is 3.00 bits per heavy atom. The molecule has 0 bridgehead atoms. The maximum absolute atomic E-state index is 11.8. The lowest BCUT2D eigenvalue weighted by atomic mass is 9.93. The van der Waals surface area contributed by atoms with Crippen molar-refractivity contribution in [1.82, 2.24) is 10.6 Å². The molecule has 0 spiro atoms. The van der Waals surface area contributed by atoms with E-state index in [1.54, 1.807) is 0 Å². The van der Waals surface area contributed by atoms with Crippen LogP contribution in [0.2, 0.25) is 0 Å². The van der Waals surface area contributed by atoms with Crippen molar-refractivity contribution >= 4 is 5.91 Å². The fourth-order valence-corrected chi connectivity index (χ4v) is 2.55. The molecular weight excluding hydrogens is 200 g/mol. The summed E-state index contributed by atoms with van der Waals surface area (Å²) < 4.78 is 0. The highest BCUT2D eigenvalue weighted by molar-refractivity contribution is 5.78. The molecule has 2 rings (SSSR count). The van der Waals surface area contributed by atoms with E-state index in [0.717, 1.165) is 38.8 Å². The summed E-state index contributed by atoms with van der Waals surface area (Å²) in [5, 5.41) is 6.51. The lowest BCUT2D eigenvalue weighted by Gasteiger charge is -2.18. The molecule has 1 fully saturated rings. The highest BCUT2D eigenvalue weighted by atomic mass is 16.1. The van der Waals surface area contributed by atoms with Gasteiger partial charge in [0.1, 0.15) is 0 Å². The predicted octanol–water partition coefficient (Wildman–Crippen LogP) is 1.60. The van der Waals surface area contributed by atoms with E-state index in [0.29, 0.717) is 6.04 Å². The van der Waals surface area contributed by atoms with Crippen LogP contribution in [0.25, 0.3) is 0 Å². The van der Waals surface area contributed by atoms with Crippen LogP contribution in [-0.2, 0) is 4.79 Å². The third-order valence-corrected chi connectivity index (χ3v) is 3.59. The number of carbonyl (C=O) groups is 1. The summed E-state index contributed by atoms with van der Waals surface area (Å²) in [7, 11) is 0. The first-order valence-corrected chi connectivity index (χ1v) is 6.52. The Kier molecular flexibility index (Phi) is 4.40. The smallest absolute Gasteiger partial charge is 0.223 e. The van der Waals surface area contributed by atoms with Crippen LogP contribution in [-0.4, -0.2) is 25.0 Å². The highest BCUT2D eigenvalue weighted by Gasteiger charge is 2.19. The summed E-state index contributed by atoms with van der Waals surface area (Å²) in [4.78, 5) is 11.8. The van der Waals surface area contributed by atoms with Crippen molar-refractivity contribution in [2.24, 2.45) is 5.92 Å². The molecule has 0 aromatic carbocycles. The Balaban J connectivity index is 1.61. The third kappa shape index (κ3) is 3.34. The molecule has 2 atom stereocenters. The maximum atomic E-state index is 11.8. The van der Waals surface area contributed by atoms with E-state index in [1.807, 2.05) is 0 Å². The van der Waals surface area contributed by atoms with Crippen molar-refractivity contribution in [2.75, 3.05) is 13.1 Å². The van der Waals surface area contributed by atoms with Gasteiger partial charge in [0.25, 0.3) is 0 Å². The fourth-order valence-electron chi connectivity index (χ4n) is 2.55. The zero-order valence-corrected chi connectivity index (χ0v) is 9.87. The van der Waals surface area contributed by atoms with Crippen molar-refractivity contribution < 1.29 is 4.79 Å². The van der Waals surface area contributed by atoms with Gasteiger partial charge in [0.05, 0.1) is 0 Å². The molecule has 0 aromatic rings. The van der Waals surface area contributed by atoms with Gasteiger partial charge in [0.15, 0.2) is 0 Å². The topological polar surface area (TPSA) is 41.1 Å². The molecule has 1 aliphatic heterocycles. The first-order valence-electron chi connectivity index (χ1n) is 6.52. The average Bonchev–Trinajstić information content (AvgIpc) is 2.83. The molecule has 1 aliphatic carbocycles. The lowest BCUT2D eigenvalue weighted by Crippen LogP contribution is -2.34. The van der Waals surface area contributed by atoms with Gasteiger partial charge in [-0.3, -0.25) is 4.79 Å². The van der Waals surface area contributed by atoms with Crippen LogP contribution in [0, 0.1) is 5.92 Å². The fraction of sp³-hybridized carbons (Fsp3) is 0.769. The number of amides is 1. The lowest BCUT2D eigenvalue weighted by molar-refractivity contribution is -0.125. The molecule has 16 heavy (non-hydrogen) atoms. The van der Waals surface area contributed by atoms with E-state index in [4.69, 9.17) is 0 Å². The number of carbonyl (C=O) groups excluding carboxylic acids is 1. The molecule has 1 unspecified atom stereocenters. The maximum Gasteiger partial charge on any atom is 0.223 e. The normalized spacial score (nSPS) is 29.2. The second kappa shape index (κ2) is 6.04. The number of rotatable bonds is 4. The van der Waals surface area contributed by atoms with E-state index in [9.17, 15) is 4.79 Å². The minimum Gasteiger partial charge on any atom is -0.356 e. The highest BCUT2D eigenvalue weighted by Crippen LogP contribution is 2.18. The number of hydrogen-bond donors (Lipinski definition) is 2. The summed E-state index contributed by atoms with van der Waals surface area (Å²) >= 11 is 0. The summed E-state index contributed by atoms with van der Waals surface area (Å²) in [6.45, 7) is 1.97. The molecule has 2 N–H and O–H groups in total. The summed E-state index contributed by atoms with van der Waals surface area (Å²) in [6, 6.07) is 0.631. The van der Waals surface area contributed by atoms with Gasteiger partial charge < -0.3 is 10.6 Å². The van der Waals surface area contributed by atoms with Crippen molar-refractivity contribution in [3.05, 3.63) is 12.2 Å². The van der Waals surface area contributed by atoms with Gasteiger partial charge in [0.2, 0.25) is 5.91 Å². The van der Waals surface area contributed by atoms with Crippen LogP contribution in [0.5, 0.6) is 0 Å². The van der Waals surface area contributed by atoms with Crippen LogP contribution in [0.15, 0.2) is 12.2 Å². The Labute approximate surface area is 97.7 Å². The van der Waals surface area contributed by atoms with E-state index in [1.165, 1.54) is 12.8 Å². The van der Waals surface area contributed by atoms with E-state index in [-0.39, 0.29) is 11.8 Å². The summed E-state index contributed by atoms with van der Waals surface area (Å²) in [5.41, 5.74) is 0. The Morgan fingerprint density at radius 1 is 1.38 bits per heavy atom. The van der Waals surface area contributed by atoms with Crippen LogP contribution in [0.1, 0.15) is 38.5 Å². The SMILES string of the molecule is O=C(NCC[C@H]1CCCN1)C1CC=CCC1. The van der Waals surface area contributed by atoms with Gasteiger partial charge in [-0.1, -0.05) is 12.2 Å². The molecule has 3 nitrogen and oxygen atoms in total. The Morgan fingerprint density at radius 2 is 2.31 bits per heavy atom. The first kappa shape index (κ1) is 11.6. The average molecular weight is 222 g/mol. The number of hydrogen-bond acceptors (Lipinski definition) is 2. The van der Waals surface area contributed by atoms with Crippen molar-refractivity contribution in [3.8, 4) is 0 Å². The van der Waals surface area contributed by atoms with Crippen LogP contribution >= 0.6 is 0 Å². The molecule has 0 saturated carbocycles. The van der Waals surface area contributed by atoms with E-state index < -0.39 is 0 Å². The Bertz CT molecular complexity index is 257. The molecule has 0 radical (unpaired) electrons. The number of allylic oxidation sites excluding steroid dienone is 2. The molecule has 3 heteroatoms. The second-order valence-corrected chi connectivity index (χ2v) is 4.85. The molecule has 1 heterocycles. The third-order valence-electron chi connectivity index (χ3n) is 3.59. The standard InChI is InChI=1S/C13H22N2O/c16-13(11-5-2-1-3-6-11)15-10-8-12-7-4-9-14-12/h1-2,11-12,14H,3-10H2,(H,15,16)/t11?,12-/m1/s1. The van der Waals surface area contributed by atoms with Gasteiger partial charge in [0, 0.05) is 18.5 Å². The number of nitrogens with one attached hydrogen (secondary N) is 2. The molecule has 1 amide bonds. The monoisotopic (exact) mass is 222 g/mol. The van der Waals surface area contributed by atoms with Crippen LogP contribution in [0.4, 0.5) is 0 Å². The van der Waals surface area contributed by atoms with Crippen LogP contribution < -0.4 is 10.6 Å². The molecule has 0 aromatic heterocycles. The second-order valence-electron chi connectivity index (χ2n) is 4.85. The summed E-state index contributed by atoms with van der Waals surface area (Å²) in [6.07, 6.45) is 10.9. The van der Waals surface area contributed by atoms with E-state index >= 15 is 0 Å². The van der Waals surface area contributed by atoms with Gasteiger partial charge >= 0.3 is 0 Å². The van der Waals surface area contributed by atoms with Gasteiger partial charge in [-0.15, -0.1) is 0 Å². The largest absolute Gasteiger partial charge is 0.356 e. The minimum absolute atomic E-state index is 0.224. The quantitative estimate of drug-likeness (QED) is 0.709. The van der Waals surface area contributed by atoms with Crippen LogP contribution in [0.3, 0.4) is 0 Å². The zero-order chi connectivity index (χ0) is 11.2.